The number of carboxylic acid groups (broad SMARTS) is 1. The van der Waals surface area contributed by atoms with Crippen molar-refractivity contribution in [2.45, 2.75) is 19.4 Å². The molecule has 0 bridgehead atoms. The van der Waals surface area contributed by atoms with Gasteiger partial charge in [0.05, 0.1) is 34.4 Å². The number of esters is 1. The first kappa shape index (κ1) is 26.3. The molecular weight excluding hydrogens is 514 g/mol. The number of benzene rings is 1. The molecule has 4 aromatic rings. The maximum Gasteiger partial charge on any atom is 0.325 e. The Labute approximate surface area is 220 Å². The number of non-ortho nitro benzene ring substituents is 1. The SMILES string of the molecule is CCOC(=O)CNc1c(-c2cccs2)nc2c(C(=O)NC(CC(=O)O)c3cccc([N+](=O)[O-])c3)cccn12. The third-order valence-corrected chi connectivity index (χ3v) is 6.40. The molecule has 0 aliphatic rings. The fourth-order valence-corrected chi connectivity index (χ4v) is 4.60. The Morgan fingerprint density at radius 2 is 2.03 bits per heavy atom. The van der Waals surface area contributed by atoms with Crippen molar-refractivity contribution in [2.24, 2.45) is 0 Å². The summed E-state index contributed by atoms with van der Waals surface area (Å²) in [5, 5.41) is 28.2. The van der Waals surface area contributed by atoms with Crippen LogP contribution >= 0.6 is 11.3 Å². The van der Waals surface area contributed by atoms with Gasteiger partial charge in [0.1, 0.15) is 18.1 Å². The molecule has 0 radical (unpaired) electrons. The van der Waals surface area contributed by atoms with E-state index in [2.05, 4.69) is 15.6 Å². The van der Waals surface area contributed by atoms with E-state index in [4.69, 9.17) is 4.74 Å². The number of nitro groups is 1. The van der Waals surface area contributed by atoms with E-state index >= 15 is 0 Å². The highest BCUT2D eigenvalue weighted by atomic mass is 32.1. The minimum atomic E-state index is -1.19. The monoisotopic (exact) mass is 537 g/mol. The van der Waals surface area contributed by atoms with Crippen LogP contribution in [-0.2, 0) is 14.3 Å². The normalized spacial score (nSPS) is 11.6. The largest absolute Gasteiger partial charge is 0.481 e. The highest BCUT2D eigenvalue weighted by Crippen LogP contribution is 2.33. The number of carboxylic acids is 1. The van der Waals surface area contributed by atoms with E-state index < -0.39 is 35.2 Å². The summed E-state index contributed by atoms with van der Waals surface area (Å²) in [6.45, 7) is 1.82. The van der Waals surface area contributed by atoms with E-state index in [9.17, 15) is 29.6 Å². The number of nitrogens with zero attached hydrogens (tertiary/aromatic N) is 3. The second-order valence-electron chi connectivity index (χ2n) is 8.04. The minimum Gasteiger partial charge on any atom is -0.481 e. The molecule has 1 amide bonds. The molecule has 0 spiro atoms. The molecule has 4 rings (SSSR count). The van der Waals surface area contributed by atoms with Crippen molar-refractivity contribution in [3.63, 3.8) is 0 Å². The summed E-state index contributed by atoms with van der Waals surface area (Å²) in [5.74, 6) is -1.79. The molecule has 3 N–H and O–H groups in total. The maximum atomic E-state index is 13.4. The number of amides is 1. The topological polar surface area (TPSA) is 165 Å². The number of aliphatic carboxylic acids is 1. The van der Waals surface area contributed by atoms with E-state index in [1.807, 2.05) is 17.5 Å². The number of imidazole rings is 1. The van der Waals surface area contributed by atoms with Gasteiger partial charge in [0, 0.05) is 18.3 Å². The van der Waals surface area contributed by atoms with Crippen molar-refractivity contribution in [3.8, 4) is 10.6 Å². The smallest absolute Gasteiger partial charge is 0.325 e. The zero-order valence-corrected chi connectivity index (χ0v) is 20.9. The summed E-state index contributed by atoms with van der Waals surface area (Å²) in [7, 11) is 0. The average molecular weight is 538 g/mol. The van der Waals surface area contributed by atoms with Crippen molar-refractivity contribution in [3.05, 3.63) is 81.3 Å². The number of rotatable bonds is 11. The molecule has 3 aromatic heterocycles. The van der Waals surface area contributed by atoms with Crippen LogP contribution < -0.4 is 10.6 Å². The number of nitrogens with one attached hydrogen (secondary N) is 2. The van der Waals surface area contributed by atoms with Crippen molar-refractivity contribution in [2.75, 3.05) is 18.5 Å². The van der Waals surface area contributed by atoms with E-state index in [0.29, 0.717) is 11.5 Å². The fourth-order valence-electron chi connectivity index (χ4n) is 3.88. The van der Waals surface area contributed by atoms with Gasteiger partial charge < -0.3 is 20.5 Å². The van der Waals surface area contributed by atoms with Crippen LogP contribution in [0.25, 0.3) is 16.2 Å². The standard InChI is InChI=1S/C25H23N5O7S/c1-2-37-21(33)14-26-24-22(19-9-5-11-38-19)28-23-17(8-4-10-29(23)24)25(34)27-18(13-20(31)32)15-6-3-7-16(12-15)30(35)36/h3-12,18,26H,2,13-14H2,1H3,(H,27,34)(H,31,32). The first-order valence-electron chi connectivity index (χ1n) is 11.5. The molecular formula is C25H23N5O7S. The van der Waals surface area contributed by atoms with Gasteiger partial charge in [0.15, 0.2) is 5.65 Å². The highest BCUT2D eigenvalue weighted by molar-refractivity contribution is 7.13. The van der Waals surface area contributed by atoms with Crippen LogP contribution in [0.5, 0.6) is 0 Å². The second kappa shape index (κ2) is 11.5. The van der Waals surface area contributed by atoms with Crippen molar-refractivity contribution in [1.29, 1.82) is 0 Å². The molecule has 0 saturated heterocycles. The zero-order valence-electron chi connectivity index (χ0n) is 20.1. The van der Waals surface area contributed by atoms with Gasteiger partial charge in [-0.2, -0.15) is 0 Å². The van der Waals surface area contributed by atoms with E-state index in [-0.39, 0.29) is 35.6 Å². The van der Waals surface area contributed by atoms with E-state index in [0.717, 1.165) is 4.88 Å². The molecule has 0 aliphatic carbocycles. The molecule has 3 heterocycles. The Hall–Kier alpha value is -4.78. The van der Waals surface area contributed by atoms with Crippen LogP contribution in [0.1, 0.15) is 35.3 Å². The van der Waals surface area contributed by atoms with E-state index in [1.54, 1.807) is 23.6 Å². The lowest BCUT2D eigenvalue weighted by atomic mass is 10.0. The summed E-state index contributed by atoms with van der Waals surface area (Å²) in [6, 6.07) is 11.3. The molecule has 0 fully saturated rings. The number of nitro benzene ring substituents is 1. The zero-order chi connectivity index (χ0) is 27.2. The first-order chi connectivity index (χ1) is 18.3. The van der Waals surface area contributed by atoms with Gasteiger partial charge in [-0.15, -0.1) is 11.3 Å². The molecule has 1 atom stereocenters. The molecule has 0 aliphatic heterocycles. The number of thiophene rings is 1. The molecule has 13 heteroatoms. The number of hydrogen-bond acceptors (Lipinski definition) is 9. The lowest BCUT2D eigenvalue weighted by Gasteiger charge is -2.17. The van der Waals surface area contributed by atoms with Crippen LogP contribution in [0.15, 0.2) is 60.1 Å². The number of anilines is 1. The summed E-state index contributed by atoms with van der Waals surface area (Å²) < 4.78 is 6.63. The van der Waals surface area contributed by atoms with Crippen LogP contribution in [-0.4, -0.2) is 50.4 Å². The number of fused-ring (bicyclic) bond motifs is 1. The van der Waals surface area contributed by atoms with Crippen LogP contribution in [0, 0.1) is 10.1 Å². The van der Waals surface area contributed by atoms with Crippen LogP contribution in [0.3, 0.4) is 0 Å². The lowest BCUT2D eigenvalue weighted by Crippen LogP contribution is -2.30. The fraction of sp³-hybridized carbons (Fsp3) is 0.200. The Morgan fingerprint density at radius 1 is 1.21 bits per heavy atom. The number of carbonyl (C=O) groups excluding carboxylic acids is 2. The van der Waals surface area contributed by atoms with Gasteiger partial charge in [-0.3, -0.25) is 28.9 Å². The van der Waals surface area contributed by atoms with Gasteiger partial charge in [-0.25, -0.2) is 4.98 Å². The molecule has 1 aromatic carbocycles. The second-order valence-corrected chi connectivity index (χ2v) is 8.98. The van der Waals surface area contributed by atoms with Crippen LogP contribution in [0.4, 0.5) is 11.5 Å². The number of ether oxygens (including phenoxy) is 1. The minimum absolute atomic E-state index is 0.121. The Bertz CT molecular complexity index is 1500. The molecule has 38 heavy (non-hydrogen) atoms. The van der Waals surface area contributed by atoms with Crippen LogP contribution in [0.2, 0.25) is 0 Å². The Kier molecular flexibility index (Phi) is 7.97. The van der Waals surface area contributed by atoms with Gasteiger partial charge in [0.25, 0.3) is 11.6 Å². The van der Waals surface area contributed by atoms with Gasteiger partial charge in [-0.1, -0.05) is 18.2 Å². The Morgan fingerprint density at radius 3 is 2.71 bits per heavy atom. The summed E-state index contributed by atoms with van der Waals surface area (Å²) >= 11 is 1.43. The summed E-state index contributed by atoms with van der Waals surface area (Å²) in [4.78, 5) is 53.0. The summed E-state index contributed by atoms with van der Waals surface area (Å²) in [5.41, 5.74) is 0.996. The van der Waals surface area contributed by atoms with Gasteiger partial charge >= 0.3 is 11.9 Å². The molecule has 0 saturated carbocycles. The van der Waals surface area contributed by atoms with Crippen molar-refractivity contribution >= 4 is 46.3 Å². The average Bonchev–Trinajstić information content (AvgIpc) is 3.55. The maximum absolute atomic E-state index is 13.4. The van der Waals surface area contributed by atoms with Gasteiger partial charge in [0.2, 0.25) is 0 Å². The molecule has 1 unspecified atom stereocenters. The van der Waals surface area contributed by atoms with Crippen molar-refractivity contribution in [1.82, 2.24) is 14.7 Å². The number of aromatic nitrogens is 2. The third-order valence-electron chi connectivity index (χ3n) is 5.52. The van der Waals surface area contributed by atoms with Crippen molar-refractivity contribution < 1.29 is 29.2 Å². The molecule has 196 valence electrons. The highest BCUT2D eigenvalue weighted by Gasteiger charge is 2.24. The lowest BCUT2D eigenvalue weighted by molar-refractivity contribution is -0.384. The predicted octanol–water partition coefficient (Wildman–Crippen LogP) is 3.89. The first-order valence-corrected chi connectivity index (χ1v) is 12.4. The predicted molar refractivity (Wildman–Crippen MR) is 139 cm³/mol. The third kappa shape index (κ3) is 5.78. The van der Waals surface area contributed by atoms with Gasteiger partial charge in [-0.05, 0) is 36.1 Å². The molecule has 12 nitrogen and oxygen atoms in total. The summed E-state index contributed by atoms with van der Waals surface area (Å²) in [6.07, 6.45) is 1.19. The van der Waals surface area contributed by atoms with E-state index in [1.165, 1.54) is 41.7 Å². The number of carbonyl (C=O) groups is 3. The number of hydrogen-bond donors (Lipinski definition) is 3. The quantitative estimate of drug-likeness (QED) is 0.146. The number of pyridine rings is 1. The Balaban J connectivity index is 1.72.